The van der Waals surface area contributed by atoms with E-state index in [4.69, 9.17) is 4.74 Å². The van der Waals surface area contributed by atoms with Gasteiger partial charge in [-0.1, -0.05) is 26.7 Å². The van der Waals surface area contributed by atoms with Gasteiger partial charge in [-0.15, -0.1) is 0 Å². The van der Waals surface area contributed by atoms with E-state index in [0.29, 0.717) is 16.7 Å². The SMILES string of the molecule is C[C@]12CC[C@H]3[C@@H](CCC4CCCC[C@@]43C)[C@@H]1CC[C@@H]2COC1([O])CCCC1. The van der Waals surface area contributed by atoms with E-state index in [0.717, 1.165) is 56.0 Å². The molecule has 0 N–H and O–H groups in total. The molecule has 1 radical (unpaired) electrons. The lowest BCUT2D eigenvalue weighted by molar-refractivity contribution is -0.246. The van der Waals surface area contributed by atoms with Crippen molar-refractivity contribution in [1.82, 2.24) is 0 Å². The summed E-state index contributed by atoms with van der Waals surface area (Å²) in [4.78, 5) is 0. The van der Waals surface area contributed by atoms with E-state index in [1.807, 2.05) is 0 Å². The van der Waals surface area contributed by atoms with Gasteiger partial charge in [-0.05, 0) is 105 Å². The van der Waals surface area contributed by atoms with Crippen LogP contribution in [0.15, 0.2) is 0 Å². The smallest absolute Gasteiger partial charge is 0.201 e. The Kier molecular flexibility index (Phi) is 4.71. The largest absolute Gasteiger partial charge is 0.347 e. The standard InChI is InChI=1S/C25H41O2/c1-23-13-4-3-7-18(23)8-10-20-21-11-9-19(24(21,2)16-12-22(20)23)17-27-25(26)14-5-6-15-25/h18-22H,3-17H2,1-2H3/t18?,19-,20+,21+,22+,23+,24-/m1/s1. The molecule has 0 aliphatic heterocycles. The van der Waals surface area contributed by atoms with E-state index >= 15 is 0 Å². The highest BCUT2D eigenvalue weighted by molar-refractivity contribution is 5.08. The van der Waals surface area contributed by atoms with Crippen LogP contribution in [-0.2, 0) is 9.84 Å². The van der Waals surface area contributed by atoms with Crippen LogP contribution in [0, 0.1) is 40.4 Å². The van der Waals surface area contributed by atoms with Crippen molar-refractivity contribution in [3.63, 3.8) is 0 Å². The fraction of sp³-hybridized carbons (Fsp3) is 1.00. The summed E-state index contributed by atoms with van der Waals surface area (Å²) in [5, 5.41) is 12.7. The predicted molar refractivity (Wildman–Crippen MR) is 108 cm³/mol. The second-order valence-corrected chi connectivity index (χ2v) is 11.7. The molecule has 5 rings (SSSR count). The van der Waals surface area contributed by atoms with Crippen LogP contribution in [0.25, 0.3) is 0 Å². The first kappa shape index (κ1) is 18.9. The molecular formula is C25H41O2. The van der Waals surface area contributed by atoms with Crippen LogP contribution in [0.2, 0.25) is 0 Å². The van der Waals surface area contributed by atoms with Gasteiger partial charge < -0.3 is 4.74 Å². The topological polar surface area (TPSA) is 29.1 Å². The van der Waals surface area contributed by atoms with Gasteiger partial charge in [-0.2, -0.15) is 5.11 Å². The Hall–Kier alpha value is -0.0800. The molecule has 2 nitrogen and oxygen atoms in total. The quantitative estimate of drug-likeness (QED) is 0.503. The first-order valence-corrected chi connectivity index (χ1v) is 12.3. The molecule has 0 bridgehead atoms. The van der Waals surface area contributed by atoms with Crippen molar-refractivity contribution >= 4 is 0 Å². The van der Waals surface area contributed by atoms with Gasteiger partial charge >= 0.3 is 0 Å². The predicted octanol–water partition coefficient (Wildman–Crippen LogP) is 6.75. The Morgan fingerprint density at radius 2 is 1.48 bits per heavy atom. The molecule has 153 valence electrons. The molecule has 0 heterocycles. The molecule has 0 aromatic heterocycles. The minimum absolute atomic E-state index is 0.438. The summed E-state index contributed by atoms with van der Waals surface area (Å²) in [6.45, 7) is 6.00. The fourth-order valence-electron chi connectivity index (χ4n) is 8.99. The van der Waals surface area contributed by atoms with Crippen molar-refractivity contribution in [1.29, 1.82) is 0 Å². The van der Waals surface area contributed by atoms with Crippen LogP contribution < -0.4 is 0 Å². The molecule has 27 heavy (non-hydrogen) atoms. The Labute approximate surface area is 166 Å². The highest BCUT2D eigenvalue weighted by atomic mass is 16.6. The molecule has 0 aromatic carbocycles. The molecule has 2 heteroatoms. The highest BCUT2D eigenvalue weighted by Crippen LogP contribution is 2.67. The normalized spacial score (nSPS) is 51.4. The van der Waals surface area contributed by atoms with Crippen molar-refractivity contribution in [3.8, 4) is 0 Å². The van der Waals surface area contributed by atoms with Crippen LogP contribution >= 0.6 is 0 Å². The van der Waals surface area contributed by atoms with E-state index in [1.165, 1.54) is 64.2 Å². The van der Waals surface area contributed by atoms with Crippen molar-refractivity contribution in [2.45, 2.75) is 110 Å². The molecule has 1 unspecified atom stereocenters. The summed E-state index contributed by atoms with van der Waals surface area (Å²) >= 11 is 0. The maximum Gasteiger partial charge on any atom is 0.201 e. The second kappa shape index (κ2) is 6.73. The van der Waals surface area contributed by atoms with Gasteiger partial charge in [0.1, 0.15) is 0 Å². The van der Waals surface area contributed by atoms with Gasteiger partial charge in [0.15, 0.2) is 0 Å². The van der Waals surface area contributed by atoms with Gasteiger partial charge in [-0.25, -0.2) is 0 Å². The minimum atomic E-state index is -1.04. The van der Waals surface area contributed by atoms with Crippen LogP contribution in [0.3, 0.4) is 0 Å². The summed E-state index contributed by atoms with van der Waals surface area (Å²) in [6.07, 6.45) is 18.1. The van der Waals surface area contributed by atoms with Gasteiger partial charge in [0.2, 0.25) is 5.79 Å². The first-order valence-electron chi connectivity index (χ1n) is 12.3. The summed E-state index contributed by atoms with van der Waals surface area (Å²) in [7, 11) is 0. The van der Waals surface area contributed by atoms with Crippen LogP contribution in [-0.4, -0.2) is 12.4 Å². The van der Waals surface area contributed by atoms with Crippen LogP contribution in [0.4, 0.5) is 0 Å². The lowest BCUT2D eigenvalue weighted by Crippen LogP contribution is -2.53. The Bertz CT molecular complexity index is 553. The van der Waals surface area contributed by atoms with Gasteiger partial charge in [0.25, 0.3) is 0 Å². The van der Waals surface area contributed by atoms with E-state index < -0.39 is 5.79 Å². The van der Waals surface area contributed by atoms with Gasteiger partial charge in [0, 0.05) is 12.8 Å². The van der Waals surface area contributed by atoms with Crippen LogP contribution in [0.1, 0.15) is 104 Å². The molecule has 5 aliphatic rings. The van der Waals surface area contributed by atoms with Crippen molar-refractivity contribution in [2.24, 2.45) is 40.4 Å². The number of fused-ring (bicyclic) bond motifs is 5. The average Bonchev–Trinajstić information content (AvgIpc) is 3.23. The summed E-state index contributed by atoms with van der Waals surface area (Å²) in [5.41, 5.74) is 1.08. The van der Waals surface area contributed by atoms with Gasteiger partial charge in [-0.3, -0.25) is 0 Å². The molecule has 0 aromatic rings. The maximum atomic E-state index is 12.7. The van der Waals surface area contributed by atoms with Crippen molar-refractivity contribution in [2.75, 3.05) is 6.61 Å². The molecule has 5 fully saturated rings. The Morgan fingerprint density at radius 3 is 2.30 bits per heavy atom. The number of ether oxygens (including phenoxy) is 1. The minimum Gasteiger partial charge on any atom is -0.347 e. The maximum absolute atomic E-state index is 12.7. The molecule has 5 aliphatic carbocycles. The number of hydrogen-bond donors (Lipinski definition) is 0. The summed E-state index contributed by atoms with van der Waals surface area (Å²) in [5.74, 6) is 3.44. The third-order valence-corrected chi connectivity index (χ3v) is 10.7. The van der Waals surface area contributed by atoms with Crippen molar-refractivity contribution < 1.29 is 9.84 Å². The van der Waals surface area contributed by atoms with E-state index in [-0.39, 0.29) is 0 Å². The summed E-state index contributed by atoms with van der Waals surface area (Å²) < 4.78 is 6.07. The third kappa shape index (κ3) is 2.95. The number of hydrogen-bond acceptors (Lipinski definition) is 1. The van der Waals surface area contributed by atoms with Crippen molar-refractivity contribution in [3.05, 3.63) is 0 Å². The van der Waals surface area contributed by atoms with Crippen LogP contribution in [0.5, 0.6) is 0 Å². The molecule has 7 atom stereocenters. The lowest BCUT2D eigenvalue weighted by atomic mass is 9.45. The third-order valence-electron chi connectivity index (χ3n) is 10.7. The Balaban J connectivity index is 1.30. The molecular weight excluding hydrogens is 332 g/mol. The molecule has 0 saturated heterocycles. The Morgan fingerprint density at radius 1 is 0.741 bits per heavy atom. The summed E-state index contributed by atoms with van der Waals surface area (Å²) in [6, 6.07) is 0. The lowest BCUT2D eigenvalue weighted by Gasteiger charge is -2.60. The average molecular weight is 374 g/mol. The van der Waals surface area contributed by atoms with Gasteiger partial charge in [0.05, 0.1) is 6.61 Å². The molecule has 5 saturated carbocycles. The molecule has 0 spiro atoms. The molecule has 0 amide bonds. The fourth-order valence-corrected chi connectivity index (χ4v) is 8.99. The monoisotopic (exact) mass is 373 g/mol. The van der Waals surface area contributed by atoms with E-state index in [2.05, 4.69) is 13.8 Å². The second-order valence-electron chi connectivity index (χ2n) is 11.7. The zero-order valence-electron chi connectivity index (χ0n) is 17.8. The highest BCUT2D eigenvalue weighted by Gasteiger charge is 2.59. The zero-order chi connectivity index (χ0) is 18.7. The van der Waals surface area contributed by atoms with E-state index in [9.17, 15) is 5.11 Å². The van der Waals surface area contributed by atoms with E-state index in [1.54, 1.807) is 0 Å². The number of rotatable bonds is 3. The first-order chi connectivity index (χ1) is 12.9. The zero-order valence-corrected chi connectivity index (χ0v) is 17.8.